The molecule has 1 aliphatic rings. The number of benzene rings is 3. The van der Waals surface area contributed by atoms with Crippen molar-refractivity contribution in [3.8, 4) is 5.75 Å². The smallest absolute Gasteiger partial charge is 0.337 e. The summed E-state index contributed by atoms with van der Waals surface area (Å²) >= 11 is 0. The summed E-state index contributed by atoms with van der Waals surface area (Å²) in [5.74, 6) is -1.60. The van der Waals surface area contributed by atoms with Crippen LogP contribution in [0.2, 0.25) is 0 Å². The molecule has 7 nitrogen and oxygen atoms in total. The van der Waals surface area contributed by atoms with Gasteiger partial charge in [0.25, 0.3) is 11.7 Å². The van der Waals surface area contributed by atoms with Crippen molar-refractivity contribution in [2.45, 2.75) is 32.9 Å². The van der Waals surface area contributed by atoms with E-state index in [1.165, 1.54) is 12.0 Å². The molecule has 190 valence electrons. The average Bonchev–Trinajstić information content (AvgIpc) is 3.16. The summed E-state index contributed by atoms with van der Waals surface area (Å²) in [6.07, 6.45) is 0.829. The molecule has 1 N–H and O–H groups in total. The van der Waals surface area contributed by atoms with Crippen molar-refractivity contribution >= 4 is 23.4 Å². The van der Waals surface area contributed by atoms with Crippen molar-refractivity contribution in [3.63, 3.8) is 0 Å². The molecule has 7 heteroatoms. The number of Topliss-reactive ketones (excluding diaryl/α,β-unsaturated/α-hetero) is 1. The van der Waals surface area contributed by atoms with Crippen LogP contribution in [0.3, 0.4) is 0 Å². The second-order valence-corrected chi connectivity index (χ2v) is 8.85. The van der Waals surface area contributed by atoms with Crippen LogP contribution in [0.1, 0.15) is 52.0 Å². The molecule has 1 unspecified atom stereocenters. The second-order valence-electron chi connectivity index (χ2n) is 8.85. The normalized spacial score (nSPS) is 16.6. The number of likely N-dealkylation sites (tertiary alicyclic amines) is 1. The average molecular weight is 500 g/mol. The Labute approximate surface area is 215 Å². The predicted molar refractivity (Wildman–Crippen MR) is 139 cm³/mol. The van der Waals surface area contributed by atoms with E-state index in [4.69, 9.17) is 9.47 Å². The molecule has 1 amide bonds. The quantitative estimate of drug-likeness (QED) is 0.198. The van der Waals surface area contributed by atoms with Crippen LogP contribution in [0.15, 0.2) is 78.4 Å². The van der Waals surface area contributed by atoms with Gasteiger partial charge in [-0.15, -0.1) is 0 Å². The minimum absolute atomic E-state index is 0.0260. The van der Waals surface area contributed by atoms with Gasteiger partial charge >= 0.3 is 5.97 Å². The van der Waals surface area contributed by atoms with Crippen LogP contribution in [0.5, 0.6) is 5.75 Å². The van der Waals surface area contributed by atoms with Gasteiger partial charge in [-0.05, 0) is 54.3 Å². The van der Waals surface area contributed by atoms with Crippen molar-refractivity contribution in [1.29, 1.82) is 0 Å². The van der Waals surface area contributed by atoms with Gasteiger partial charge in [-0.1, -0.05) is 55.5 Å². The molecule has 1 atom stereocenters. The topological polar surface area (TPSA) is 93.1 Å². The largest absolute Gasteiger partial charge is 0.507 e. The third-order valence-corrected chi connectivity index (χ3v) is 6.33. The third kappa shape index (κ3) is 5.26. The molecule has 0 aromatic heterocycles. The second kappa shape index (κ2) is 11.1. The number of ether oxygens (including phenoxy) is 2. The zero-order chi connectivity index (χ0) is 26.5. The highest BCUT2D eigenvalue weighted by atomic mass is 16.5. The number of ketones is 1. The van der Waals surface area contributed by atoms with Gasteiger partial charge in [0.1, 0.15) is 11.5 Å². The van der Waals surface area contributed by atoms with Gasteiger partial charge in [0, 0.05) is 12.1 Å². The van der Waals surface area contributed by atoms with Crippen molar-refractivity contribution in [1.82, 2.24) is 4.90 Å². The number of aliphatic hydroxyl groups is 1. The molecule has 0 bridgehead atoms. The number of methoxy groups -OCH3 is 1. The summed E-state index contributed by atoms with van der Waals surface area (Å²) in [6, 6.07) is 20.2. The number of nitrogens with zero attached hydrogens (tertiary/aromatic N) is 1. The van der Waals surface area contributed by atoms with E-state index in [9.17, 15) is 19.5 Å². The lowest BCUT2D eigenvalue weighted by molar-refractivity contribution is -0.140. The van der Waals surface area contributed by atoms with Crippen LogP contribution < -0.4 is 4.74 Å². The van der Waals surface area contributed by atoms with Crippen molar-refractivity contribution in [2.75, 3.05) is 13.7 Å². The first-order valence-corrected chi connectivity index (χ1v) is 12.1. The van der Waals surface area contributed by atoms with Crippen molar-refractivity contribution in [2.24, 2.45) is 0 Å². The first-order valence-electron chi connectivity index (χ1n) is 12.1. The zero-order valence-corrected chi connectivity index (χ0v) is 21.1. The number of aryl methyl sites for hydroxylation is 1. The summed E-state index contributed by atoms with van der Waals surface area (Å²) < 4.78 is 10.4. The molecule has 0 aliphatic carbocycles. The van der Waals surface area contributed by atoms with E-state index in [1.54, 1.807) is 48.5 Å². The van der Waals surface area contributed by atoms with Gasteiger partial charge in [-0.25, -0.2) is 4.79 Å². The summed E-state index contributed by atoms with van der Waals surface area (Å²) in [5.41, 5.74) is 3.15. The van der Waals surface area contributed by atoms with E-state index in [0.29, 0.717) is 23.5 Å². The standard InChI is InChI=1S/C30H29NO6/c1-4-16-37-23-10-7-9-22(17-23)27(32)25-26(24-11-6-5-8-19(24)2)31(29(34)28(25)33)18-20-12-14-21(15-13-20)30(35)36-3/h5-15,17,26,32H,4,16,18H2,1-3H3/b27-25+. The Balaban J connectivity index is 1.79. The van der Waals surface area contributed by atoms with E-state index >= 15 is 0 Å². The Morgan fingerprint density at radius 3 is 2.38 bits per heavy atom. The van der Waals surface area contributed by atoms with E-state index in [0.717, 1.165) is 23.1 Å². The molecule has 1 saturated heterocycles. The van der Waals surface area contributed by atoms with Gasteiger partial charge < -0.3 is 19.5 Å². The third-order valence-electron chi connectivity index (χ3n) is 6.33. The lowest BCUT2D eigenvalue weighted by atomic mass is 9.92. The van der Waals surface area contributed by atoms with Crippen molar-refractivity contribution in [3.05, 3.63) is 106 Å². The number of esters is 1. The Hall–Kier alpha value is -4.39. The highest BCUT2D eigenvalue weighted by molar-refractivity contribution is 6.46. The molecule has 37 heavy (non-hydrogen) atoms. The molecular weight excluding hydrogens is 470 g/mol. The Morgan fingerprint density at radius 2 is 1.70 bits per heavy atom. The maximum Gasteiger partial charge on any atom is 0.337 e. The molecule has 0 spiro atoms. The Bertz CT molecular complexity index is 1360. The maximum atomic E-state index is 13.4. The minimum atomic E-state index is -0.790. The molecule has 1 aliphatic heterocycles. The number of carbonyl (C=O) groups is 3. The number of amides is 1. The molecule has 0 radical (unpaired) electrons. The van der Waals surface area contributed by atoms with Crippen molar-refractivity contribution < 1.29 is 29.0 Å². The number of rotatable bonds is 8. The lowest BCUT2D eigenvalue weighted by Gasteiger charge is -2.26. The molecule has 3 aromatic rings. The van der Waals surface area contributed by atoms with Gasteiger partial charge in [-0.2, -0.15) is 0 Å². The Kier molecular flexibility index (Phi) is 7.72. The number of aliphatic hydroxyl groups excluding tert-OH is 1. The Morgan fingerprint density at radius 1 is 0.973 bits per heavy atom. The number of hydrogen-bond acceptors (Lipinski definition) is 6. The molecule has 0 saturated carbocycles. The van der Waals surface area contributed by atoms with Crippen LogP contribution in [0.25, 0.3) is 5.76 Å². The molecule has 3 aromatic carbocycles. The van der Waals surface area contributed by atoms with E-state index in [-0.39, 0.29) is 17.9 Å². The number of carbonyl (C=O) groups excluding carboxylic acids is 3. The highest BCUT2D eigenvalue weighted by Gasteiger charge is 2.46. The van der Waals surface area contributed by atoms with Crippen LogP contribution >= 0.6 is 0 Å². The van der Waals surface area contributed by atoms with Crippen LogP contribution in [0, 0.1) is 6.92 Å². The summed E-state index contributed by atoms with van der Waals surface area (Å²) in [5, 5.41) is 11.4. The zero-order valence-electron chi connectivity index (χ0n) is 21.1. The SMILES string of the molecule is CCCOc1cccc(/C(O)=C2\C(=O)C(=O)N(Cc3ccc(C(=O)OC)cc3)C2c2ccccc2C)c1. The predicted octanol–water partition coefficient (Wildman–Crippen LogP) is 5.19. The monoisotopic (exact) mass is 499 g/mol. The molecule has 1 fully saturated rings. The van der Waals surface area contributed by atoms with Gasteiger partial charge in [-0.3, -0.25) is 9.59 Å². The van der Waals surface area contributed by atoms with Gasteiger partial charge in [0.2, 0.25) is 0 Å². The van der Waals surface area contributed by atoms with E-state index in [2.05, 4.69) is 0 Å². The first kappa shape index (κ1) is 25.7. The molecule has 4 rings (SSSR count). The maximum absolute atomic E-state index is 13.4. The minimum Gasteiger partial charge on any atom is -0.507 e. The van der Waals surface area contributed by atoms with Gasteiger partial charge in [0.15, 0.2) is 0 Å². The van der Waals surface area contributed by atoms with E-state index in [1.807, 2.05) is 38.1 Å². The first-order chi connectivity index (χ1) is 17.8. The fourth-order valence-corrected chi connectivity index (χ4v) is 4.43. The van der Waals surface area contributed by atoms with Crippen LogP contribution in [-0.2, 0) is 20.9 Å². The molecule has 1 heterocycles. The summed E-state index contributed by atoms with van der Waals surface area (Å²) in [7, 11) is 1.31. The summed E-state index contributed by atoms with van der Waals surface area (Å²) in [6.45, 7) is 4.53. The lowest BCUT2D eigenvalue weighted by Crippen LogP contribution is -2.29. The summed E-state index contributed by atoms with van der Waals surface area (Å²) in [4.78, 5) is 39.9. The highest BCUT2D eigenvalue weighted by Crippen LogP contribution is 2.41. The van der Waals surface area contributed by atoms with Crippen LogP contribution in [0.4, 0.5) is 0 Å². The van der Waals surface area contributed by atoms with E-state index < -0.39 is 23.7 Å². The fourth-order valence-electron chi connectivity index (χ4n) is 4.43. The van der Waals surface area contributed by atoms with Gasteiger partial charge in [0.05, 0.1) is 30.9 Å². The molecular formula is C30H29NO6. The number of hydrogen-bond donors (Lipinski definition) is 1. The van der Waals surface area contributed by atoms with Crippen LogP contribution in [-0.4, -0.2) is 41.4 Å². The fraction of sp³-hybridized carbons (Fsp3) is 0.233.